The van der Waals surface area contributed by atoms with Crippen molar-refractivity contribution in [3.63, 3.8) is 0 Å². The van der Waals surface area contributed by atoms with Crippen molar-refractivity contribution in [1.82, 2.24) is 20.2 Å². The molecule has 0 aliphatic carbocycles. The molecule has 2 N–H and O–H groups in total. The van der Waals surface area contributed by atoms with Gasteiger partial charge in [0.05, 0.1) is 11.1 Å². The minimum Gasteiger partial charge on any atom is -0.406 e. The molecule has 0 unspecified atom stereocenters. The smallest absolute Gasteiger partial charge is 0.406 e. The van der Waals surface area contributed by atoms with E-state index in [1.54, 1.807) is 18.3 Å². The molecule has 5 rings (SSSR count). The van der Waals surface area contributed by atoms with E-state index < -0.39 is 6.36 Å². The van der Waals surface area contributed by atoms with Crippen LogP contribution in [0.1, 0.15) is 41.1 Å². The zero-order valence-corrected chi connectivity index (χ0v) is 19.6. The summed E-state index contributed by atoms with van der Waals surface area (Å²) in [7, 11) is 0. The number of fused-ring (bicyclic) bond motifs is 2. The predicted octanol–water partition coefficient (Wildman–Crippen LogP) is 5.61. The Labute approximate surface area is 206 Å². The van der Waals surface area contributed by atoms with Gasteiger partial charge in [-0.2, -0.15) is 0 Å². The number of carbonyl (C=O) groups is 1. The predicted molar refractivity (Wildman–Crippen MR) is 132 cm³/mol. The number of nitrogens with zero attached hydrogens (tertiary/aromatic N) is 2. The number of H-pyrrole nitrogens is 1. The lowest BCUT2D eigenvalue weighted by molar-refractivity contribution is -0.274. The molecule has 1 fully saturated rings. The van der Waals surface area contributed by atoms with Gasteiger partial charge in [0.15, 0.2) is 0 Å². The van der Waals surface area contributed by atoms with Gasteiger partial charge in [0.1, 0.15) is 5.75 Å². The van der Waals surface area contributed by atoms with Crippen LogP contribution in [-0.2, 0) is 0 Å². The van der Waals surface area contributed by atoms with Crippen LogP contribution in [0.4, 0.5) is 13.2 Å². The molecular weight excluding hydrogens is 469 g/mol. The molecule has 0 bridgehead atoms. The SMILES string of the molecule is O=C(NCCCN1CCC(c2c[nH]c3ccc(OC(F)(F)F)cc23)CC1)c1ccnc2ccccc12. The number of aromatic nitrogens is 2. The molecule has 1 aliphatic heterocycles. The highest BCUT2D eigenvalue weighted by molar-refractivity contribution is 6.05. The molecule has 1 saturated heterocycles. The van der Waals surface area contributed by atoms with E-state index in [0.29, 0.717) is 12.1 Å². The number of ether oxygens (including phenoxy) is 1. The Morgan fingerprint density at radius 1 is 1.11 bits per heavy atom. The summed E-state index contributed by atoms with van der Waals surface area (Å²) in [4.78, 5) is 22.5. The summed E-state index contributed by atoms with van der Waals surface area (Å²) in [6.45, 7) is 3.26. The Morgan fingerprint density at radius 3 is 2.72 bits per heavy atom. The van der Waals surface area contributed by atoms with Crippen LogP contribution in [0.25, 0.3) is 21.8 Å². The molecule has 6 nitrogen and oxygen atoms in total. The maximum atomic E-state index is 12.7. The molecule has 4 aromatic rings. The molecule has 0 spiro atoms. The average molecular weight is 497 g/mol. The van der Waals surface area contributed by atoms with Gasteiger partial charge in [-0.3, -0.25) is 9.78 Å². The Bertz CT molecular complexity index is 1350. The van der Waals surface area contributed by atoms with Crippen molar-refractivity contribution in [2.45, 2.75) is 31.5 Å². The second-order valence-electron chi connectivity index (χ2n) is 9.10. The second kappa shape index (κ2) is 10.2. The van der Waals surface area contributed by atoms with Crippen LogP contribution in [0.3, 0.4) is 0 Å². The molecule has 2 aromatic carbocycles. The third-order valence-electron chi connectivity index (χ3n) is 6.78. The fraction of sp³-hybridized carbons (Fsp3) is 0.333. The molecule has 3 heterocycles. The summed E-state index contributed by atoms with van der Waals surface area (Å²) < 4.78 is 42.0. The van der Waals surface area contributed by atoms with Gasteiger partial charge in [0.25, 0.3) is 5.91 Å². The highest BCUT2D eigenvalue weighted by Gasteiger charge is 2.31. The van der Waals surface area contributed by atoms with Crippen LogP contribution in [0.2, 0.25) is 0 Å². The van der Waals surface area contributed by atoms with Crippen LogP contribution in [0.5, 0.6) is 5.75 Å². The van der Waals surface area contributed by atoms with Gasteiger partial charge in [0.2, 0.25) is 0 Å². The number of carbonyl (C=O) groups excluding carboxylic acids is 1. The van der Waals surface area contributed by atoms with Gasteiger partial charge in [-0.05, 0) is 80.7 Å². The summed E-state index contributed by atoms with van der Waals surface area (Å²) >= 11 is 0. The van der Waals surface area contributed by atoms with E-state index in [0.717, 1.165) is 66.3 Å². The van der Waals surface area contributed by atoms with E-state index in [2.05, 4.69) is 24.9 Å². The van der Waals surface area contributed by atoms with E-state index in [1.807, 2.05) is 30.5 Å². The Balaban J connectivity index is 1.11. The number of alkyl halides is 3. The molecule has 1 amide bonds. The number of hydrogen-bond acceptors (Lipinski definition) is 4. The van der Waals surface area contributed by atoms with Gasteiger partial charge >= 0.3 is 6.36 Å². The van der Waals surface area contributed by atoms with Gasteiger partial charge < -0.3 is 19.9 Å². The van der Waals surface area contributed by atoms with Gasteiger partial charge in [-0.25, -0.2) is 0 Å². The number of nitrogens with one attached hydrogen (secondary N) is 2. The van der Waals surface area contributed by atoms with Gasteiger partial charge in [0, 0.05) is 35.2 Å². The van der Waals surface area contributed by atoms with Gasteiger partial charge in [-0.15, -0.1) is 13.2 Å². The number of amides is 1. The van der Waals surface area contributed by atoms with E-state index >= 15 is 0 Å². The van der Waals surface area contributed by atoms with Crippen molar-refractivity contribution in [3.05, 3.63) is 72.1 Å². The van der Waals surface area contributed by atoms with Crippen molar-refractivity contribution in [3.8, 4) is 5.75 Å². The number of aromatic amines is 1. The largest absolute Gasteiger partial charge is 0.573 e. The topological polar surface area (TPSA) is 70.2 Å². The lowest BCUT2D eigenvalue weighted by Crippen LogP contribution is -2.35. The first-order valence-electron chi connectivity index (χ1n) is 12.1. The van der Waals surface area contributed by atoms with Crippen molar-refractivity contribution < 1.29 is 22.7 Å². The summed E-state index contributed by atoms with van der Waals surface area (Å²) in [5.41, 5.74) is 3.27. The van der Waals surface area contributed by atoms with Crippen LogP contribution in [-0.4, -0.2) is 53.3 Å². The number of piperidine rings is 1. The number of rotatable bonds is 7. The summed E-state index contributed by atoms with van der Waals surface area (Å²) in [5.74, 6) is -0.0218. The van der Waals surface area contributed by atoms with E-state index in [9.17, 15) is 18.0 Å². The normalized spacial score (nSPS) is 15.4. The lowest BCUT2D eigenvalue weighted by Gasteiger charge is -2.32. The van der Waals surface area contributed by atoms with Crippen molar-refractivity contribution in [2.24, 2.45) is 0 Å². The van der Waals surface area contributed by atoms with Crippen LogP contribution >= 0.6 is 0 Å². The molecule has 0 saturated carbocycles. The number of para-hydroxylation sites is 1. The third-order valence-corrected chi connectivity index (χ3v) is 6.78. The van der Waals surface area contributed by atoms with Gasteiger partial charge in [-0.1, -0.05) is 18.2 Å². The van der Waals surface area contributed by atoms with Crippen molar-refractivity contribution >= 4 is 27.7 Å². The van der Waals surface area contributed by atoms with Crippen LogP contribution < -0.4 is 10.1 Å². The number of halogens is 3. The van der Waals surface area contributed by atoms with E-state index in [-0.39, 0.29) is 17.6 Å². The monoisotopic (exact) mass is 496 g/mol. The second-order valence-corrected chi connectivity index (χ2v) is 9.10. The first kappa shape index (κ1) is 24.1. The molecule has 0 atom stereocenters. The highest BCUT2D eigenvalue weighted by Crippen LogP contribution is 2.35. The number of likely N-dealkylation sites (tertiary alicyclic amines) is 1. The van der Waals surface area contributed by atoms with Crippen molar-refractivity contribution in [1.29, 1.82) is 0 Å². The maximum Gasteiger partial charge on any atom is 0.573 e. The van der Waals surface area contributed by atoms with Crippen molar-refractivity contribution in [2.75, 3.05) is 26.2 Å². The number of pyridine rings is 1. The Hall–Kier alpha value is -3.59. The highest BCUT2D eigenvalue weighted by atomic mass is 19.4. The lowest BCUT2D eigenvalue weighted by atomic mass is 9.89. The maximum absolute atomic E-state index is 12.7. The molecule has 1 aliphatic rings. The van der Waals surface area contributed by atoms with Crippen LogP contribution in [0.15, 0.2) is 60.9 Å². The fourth-order valence-electron chi connectivity index (χ4n) is 5.02. The first-order valence-corrected chi connectivity index (χ1v) is 12.1. The third kappa shape index (κ3) is 5.46. The Kier molecular flexibility index (Phi) is 6.82. The molecular formula is C27H27F3N4O2. The van der Waals surface area contributed by atoms with E-state index in [4.69, 9.17) is 0 Å². The standard InChI is InChI=1S/C27H27F3N4O2/c28-27(29,30)36-19-6-7-25-22(16-19)23(17-33-25)18-9-14-34(15-10-18)13-3-11-32-26(35)21-8-12-31-24-5-2-1-4-20(21)24/h1-2,4-8,12,16-18,33H,3,9-11,13-15H2,(H,32,35). The fourth-order valence-corrected chi connectivity index (χ4v) is 5.02. The number of benzene rings is 2. The quantitative estimate of drug-likeness (QED) is 0.326. The zero-order valence-electron chi connectivity index (χ0n) is 19.6. The number of hydrogen-bond donors (Lipinski definition) is 2. The Morgan fingerprint density at radius 2 is 1.92 bits per heavy atom. The molecule has 2 aromatic heterocycles. The minimum absolute atomic E-state index is 0.0967. The van der Waals surface area contributed by atoms with Crippen LogP contribution in [0, 0.1) is 0 Å². The minimum atomic E-state index is -4.71. The molecule has 188 valence electrons. The summed E-state index contributed by atoms with van der Waals surface area (Å²) in [6, 6.07) is 13.8. The average Bonchev–Trinajstić information content (AvgIpc) is 3.29. The molecule has 9 heteroatoms. The molecule has 0 radical (unpaired) electrons. The molecule has 36 heavy (non-hydrogen) atoms. The zero-order chi connectivity index (χ0) is 25.1. The first-order chi connectivity index (χ1) is 17.4. The summed E-state index contributed by atoms with van der Waals surface area (Å²) in [5, 5.41) is 4.63. The summed E-state index contributed by atoms with van der Waals surface area (Å²) in [6.07, 6.45) is 1.53. The van der Waals surface area contributed by atoms with E-state index in [1.165, 1.54) is 12.1 Å².